The normalized spacial score (nSPS) is 13.7. The van der Waals surface area contributed by atoms with Crippen LogP contribution in [0.25, 0.3) is 0 Å². The molecule has 0 aliphatic carbocycles. The van der Waals surface area contributed by atoms with Gasteiger partial charge >= 0.3 is 0 Å². The summed E-state index contributed by atoms with van der Waals surface area (Å²) in [5, 5.41) is 3.33. The number of primary amides is 1. The third kappa shape index (κ3) is 4.35. The SMILES string of the molecule is C[C@H](NC(=O)C(N)CC(N)=O)c1ccc(Cl)cc1. The Labute approximate surface area is 110 Å². The zero-order valence-electron chi connectivity index (χ0n) is 10.0. The number of carbonyl (C=O) groups excluding carboxylic acids is 2. The Morgan fingerprint density at radius 2 is 1.89 bits per heavy atom. The van der Waals surface area contributed by atoms with Gasteiger partial charge < -0.3 is 16.8 Å². The van der Waals surface area contributed by atoms with E-state index in [9.17, 15) is 9.59 Å². The van der Waals surface area contributed by atoms with Gasteiger partial charge in [0.05, 0.1) is 18.5 Å². The average Bonchev–Trinajstić information content (AvgIpc) is 2.28. The Balaban J connectivity index is 2.59. The molecule has 0 bridgehead atoms. The molecule has 2 atom stereocenters. The molecule has 18 heavy (non-hydrogen) atoms. The van der Waals surface area contributed by atoms with Crippen molar-refractivity contribution >= 4 is 23.4 Å². The molecule has 1 unspecified atom stereocenters. The van der Waals surface area contributed by atoms with Crippen molar-refractivity contribution in [3.63, 3.8) is 0 Å². The first-order chi connectivity index (χ1) is 8.40. The molecule has 0 aliphatic rings. The highest BCUT2D eigenvalue weighted by atomic mass is 35.5. The van der Waals surface area contributed by atoms with E-state index in [0.717, 1.165) is 5.56 Å². The van der Waals surface area contributed by atoms with Crippen molar-refractivity contribution < 1.29 is 9.59 Å². The van der Waals surface area contributed by atoms with E-state index in [1.165, 1.54) is 0 Å². The van der Waals surface area contributed by atoms with Crippen LogP contribution in [-0.4, -0.2) is 17.9 Å². The summed E-state index contributed by atoms with van der Waals surface area (Å²) < 4.78 is 0. The Kier molecular flexibility index (Phi) is 5.12. The molecule has 0 radical (unpaired) electrons. The monoisotopic (exact) mass is 269 g/mol. The van der Waals surface area contributed by atoms with Crippen LogP contribution >= 0.6 is 11.6 Å². The van der Waals surface area contributed by atoms with Gasteiger partial charge in [-0.3, -0.25) is 9.59 Å². The third-order valence-electron chi connectivity index (χ3n) is 2.49. The molecule has 0 aliphatic heterocycles. The molecule has 0 heterocycles. The molecule has 1 aromatic carbocycles. The number of nitrogens with one attached hydrogen (secondary N) is 1. The second-order valence-electron chi connectivity index (χ2n) is 4.06. The van der Waals surface area contributed by atoms with Gasteiger partial charge in [-0.05, 0) is 24.6 Å². The molecule has 2 amide bonds. The first-order valence-electron chi connectivity index (χ1n) is 5.50. The van der Waals surface area contributed by atoms with Crippen molar-refractivity contribution in [3.8, 4) is 0 Å². The molecular weight excluding hydrogens is 254 g/mol. The van der Waals surface area contributed by atoms with Gasteiger partial charge in [-0.1, -0.05) is 23.7 Å². The van der Waals surface area contributed by atoms with Crippen molar-refractivity contribution in [2.45, 2.75) is 25.4 Å². The number of amides is 2. The minimum atomic E-state index is -0.919. The van der Waals surface area contributed by atoms with E-state index in [4.69, 9.17) is 23.1 Å². The van der Waals surface area contributed by atoms with Gasteiger partial charge in [0.2, 0.25) is 11.8 Å². The van der Waals surface area contributed by atoms with Gasteiger partial charge in [0.15, 0.2) is 0 Å². The number of halogens is 1. The van der Waals surface area contributed by atoms with Gasteiger partial charge in [0.1, 0.15) is 0 Å². The standard InChI is InChI=1S/C12H16ClN3O2/c1-7(8-2-4-9(13)5-3-8)16-12(18)10(14)6-11(15)17/h2-5,7,10H,6,14H2,1H3,(H2,15,17)(H,16,18)/t7-,10?/m0/s1. The Hall–Kier alpha value is -1.59. The maximum Gasteiger partial charge on any atom is 0.237 e. The topological polar surface area (TPSA) is 98.2 Å². The van der Waals surface area contributed by atoms with E-state index in [1.807, 2.05) is 19.1 Å². The maximum atomic E-state index is 11.7. The number of hydrogen-bond donors (Lipinski definition) is 3. The smallest absolute Gasteiger partial charge is 0.237 e. The van der Waals surface area contributed by atoms with Crippen molar-refractivity contribution in [1.82, 2.24) is 5.32 Å². The highest BCUT2D eigenvalue weighted by Gasteiger charge is 2.18. The van der Waals surface area contributed by atoms with E-state index < -0.39 is 17.9 Å². The van der Waals surface area contributed by atoms with E-state index >= 15 is 0 Å². The lowest BCUT2D eigenvalue weighted by atomic mass is 10.1. The van der Waals surface area contributed by atoms with Gasteiger partial charge in [0, 0.05) is 5.02 Å². The van der Waals surface area contributed by atoms with Gasteiger partial charge in [0.25, 0.3) is 0 Å². The van der Waals surface area contributed by atoms with Crippen LogP contribution in [0.1, 0.15) is 24.9 Å². The molecular formula is C12H16ClN3O2. The summed E-state index contributed by atoms with van der Waals surface area (Å²) in [6.45, 7) is 1.82. The molecule has 0 saturated heterocycles. The number of nitrogens with two attached hydrogens (primary N) is 2. The van der Waals surface area contributed by atoms with Crippen LogP contribution in [0.3, 0.4) is 0 Å². The lowest BCUT2D eigenvalue weighted by Gasteiger charge is -2.17. The highest BCUT2D eigenvalue weighted by molar-refractivity contribution is 6.30. The number of carbonyl (C=O) groups is 2. The molecule has 0 aromatic heterocycles. The van der Waals surface area contributed by atoms with Crippen LogP contribution in [0, 0.1) is 0 Å². The Morgan fingerprint density at radius 3 is 2.39 bits per heavy atom. The Morgan fingerprint density at radius 1 is 1.33 bits per heavy atom. The minimum absolute atomic E-state index is 0.167. The van der Waals surface area contributed by atoms with Crippen LogP contribution in [0.4, 0.5) is 0 Å². The zero-order valence-corrected chi connectivity index (χ0v) is 10.8. The van der Waals surface area contributed by atoms with Crippen LogP contribution in [-0.2, 0) is 9.59 Å². The molecule has 1 rings (SSSR count). The first kappa shape index (κ1) is 14.5. The summed E-state index contributed by atoms with van der Waals surface area (Å²) in [7, 11) is 0. The van der Waals surface area contributed by atoms with Crippen molar-refractivity contribution in [2.24, 2.45) is 11.5 Å². The lowest BCUT2D eigenvalue weighted by Crippen LogP contribution is -2.43. The van der Waals surface area contributed by atoms with Crippen molar-refractivity contribution in [3.05, 3.63) is 34.9 Å². The summed E-state index contributed by atoms with van der Waals surface area (Å²) >= 11 is 5.77. The molecule has 0 fully saturated rings. The van der Waals surface area contributed by atoms with Gasteiger partial charge in [-0.2, -0.15) is 0 Å². The largest absolute Gasteiger partial charge is 0.370 e. The van der Waals surface area contributed by atoms with E-state index in [2.05, 4.69) is 5.32 Å². The van der Waals surface area contributed by atoms with E-state index in [1.54, 1.807) is 12.1 Å². The number of hydrogen-bond acceptors (Lipinski definition) is 3. The quantitative estimate of drug-likeness (QED) is 0.734. The van der Waals surface area contributed by atoms with Crippen molar-refractivity contribution in [1.29, 1.82) is 0 Å². The first-order valence-corrected chi connectivity index (χ1v) is 5.87. The molecule has 0 spiro atoms. The lowest BCUT2D eigenvalue weighted by molar-refractivity contribution is -0.126. The highest BCUT2D eigenvalue weighted by Crippen LogP contribution is 2.16. The van der Waals surface area contributed by atoms with E-state index in [-0.39, 0.29) is 12.5 Å². The Bertz CT molecular complexity index is 433. The second-order valence-corrected chi connectivity index (χ2v) is 4.50. The summed E-state index contributed by atoms with van der Waals surface area (Å²) in [4.78, 5) is 22.3. The molecule has 6 heteroatoms. The van der Waals surface area contributed by atoms with Crippen LogP contribution < -0.4 is 16.8 Å². The fourth-order valence-corrected chi connectivity index (χ4v) is 1.59. The van der Waals surface area contributed by atoms with Crippen LogP contribution in [0.15, 0.2) is 24.3 Å². The predicted octanol–water partition coefficient (Wildman–Crippen LogP) is 0.720. The summed E-state index contributed by atoms with van der Waals surface area (Å²) in [5.41, 5.74) is 11.4. The fourth-order valence-electron chi connectivity index (χ4n) is 1.46. The minimum Gasteiger partial charge on any atom is -0.370 e. The molecule has 5 nitrogen and oxygen atoms in total. The average molecular weight is 270 g/mol. The van der Waals surface area contributed by atoms with Gasteiger partial charge in [-0.15, -0.1) is 0 Å². The van der Waals surface area contributed by atoms with Crippen LogP contribution in [0.2, 0.25) is 5.02 Å². The number of rotatable bonds is 5. The number of benzene rings is 1. The summed E-state index contributed by atoms with van der Waals surface area (Å²) in [6, 6.07) is 5.97. The predicted molar refractivity (Wildman–Crippen MR) is 69.8 cm³/mol. The zero-order chi connectivity index (χ0) is 13.7. The van der Waals surface area contributed by atoms with Crippen molar-refractivity contribution in [2.75, 3.05) is 0 Å². The summed E-state index contributed by atoms with van der Waals surface area (Å²) in [6.07, 6.45) is -0.167. The van der Waals surface area contributed by atoms with Crippen LogP contribution in [0.5, 0.6) is 0 Å². The third-order valence-corrected chi connectivity index (χ3v) is 2.74. The molecule has 0 saturated carbocycles. The summed E-state index contributed by atoms with van der Waals surface area (Å²) in [5.74, 6) is -1.01. The second kappa shape index (κ2) is 6.37. The van der Waals surface area contributed by atoms with E-state index in [0.29, 0.717) is 5.02 Å². The molecule has 5 N–H and O–H groups in total. The maximum absolute atomic E-state index is 11.7. The molecule has 1 aromatic rings. The van der Waals surface area contributed by atoms with Gasteiger partial charge in [-0.25, -0.2) is 0 Å². The fraction of sp³-hybridized carbons (Fsp3) is 0.333. The molecule has 98 valence electrons.